The van der Waals surface area contributed by atoms with Crippen LogP contribution in [0.3, 0.4) is 0 Å². The minimum Gasteiger partial charge on any atom is -0.444 e. The predicted octanol–water partition coefficient (Wildman–Crippen LogP) is 3.77. The quantitative estimate of drug-likeness (QED) is 0.830. The van der Waals surface area contributed by atoms with E-state index in [-0.39, 0.29) is 12.1 Å². The summed E-state index contributed by atoms with van der Waals surface area (Å²) in [7, 11) is 0. The summed E-state index contributed by atoms with van der Waals surface area (Å²) >= 11 is 3.39. The molecule has 1 amide bonds. The van der Waals surface area contributed by atoms with Crippen LogP contribution in [0, 0.1) is 0 Å². The number of nitrogens with one attached hydrogen (secondary N) is 2. The number of carbonyl (C=O) groups excluding carboxylic acids is 1. The van der Waals surface area contributed by atoms with Crippen molar-refractivity contribution in [2.24, 2.45) is 0 Å². The van der Waals surface area contributed by atoms with Crippen molar-refractivity contribution in [3.8, 4) is 0 Å². The highest BCUT2D eigenvalue weighted by atomic mass is 79.9. The summed E-state index contributed by atoms with van der Waals surface area (Å²) in [4.78, 5) is 16.2. The first-order valence-corrected chi connectivity index (χ1v) is 8.94. The SMILES string of the molecule is CC(C)(C)OC(=O)NC1CCC(NCc2ccc(Br)cn2)CC1. The lowest BCUT2D eigenvalue weighted by Gasteiger charge is -2.30. The number of alkyl carbamates (subject to hydrolysis) is 1. The van der Waals surface area contributed by atoms with E-state index in [4.69, 9.17) is 4.74 Å². The molecule has 1 aromatic heterocycles. The zero-order valence-electron chi connectivity index (χ0n) is 14.1. The van der Waals surface area contributed by atoms with Gasteiger partial charge in [0, 0.05) is 29.3 Å². The van der Waals surface area contributed by atoms with Crippen LogP contribution in [0.1, 0.15) is 52.1 Å². The van der Waals surface area contributed by atoms with Gasteiger partial charge >= 0.3 is 6.09 Å². The van der Waals surface area contributed by atoms with Crippen molar-refractivity contribution in [3.63, 3.8) is 0 Å². The Balaban J connectivity index is 1.67. The number of aromatic nitrogens is 1. The molecule has 0 atom stereocenters. The molecule has 1 fully saturated rings. The third-order valence-electron chi connectivity index (χ3n) is 3.81. The van der Waals surface area contributed by atoms with E-state index in [1.165, 1.54) is 0 Å². The van der Waals surface area contributed by atoms with Crippen molar-refractivity contribution >= 4 is 22.0 Å². The second-order valence-corrected chi connectivity index (χ2v) is 7.96. The van der Waals surface area contributed by atoms with Gasteiger partial charge in [0.2, 0.25) is 0 Å². The van der Waals surface area contributed by atoms with Gasteiger partial charge in [-0.25, -0.2) is 4.79 Å². The minimum absolute atomic E-state index is 0.216. The number of hydrogen-bond acceptors (Lipinski definition) is 4. The third kappa shape index (κ3) is 6.87. The van der Waals surface area contributed by atoms with Crippen LogP contribution in [-0.2, 0) is 11.3 Å². The van der Waals surface area contributed by atoms with E-state index in [1.54, 1.807) is 0 Å². The first kappa shape index (κ1) is 18.2. The van der Waals surface area contributed by atoms with Crippen molar-refractivity contribution in [1.29, 1.82) is 0 Å². The van der Waals surface area contributed by atoms with Crippen LogP contribution < -0.4 is 10.6 Å². The molecule has 1 aliphatic carbocycles. The van der Waals surface area contributed by atoms with Gasteiger partial charge in [0.15, 0.2) is 0 Å². The first-order chi connectivity index (χ1) is 10.8. The van der Waals surface area contributed by atoms with Crippen molar-refractivity contribution in [2.75, 3.05) is 0 Å². The highest BCUT2D eigenvalue weighted by Gasteiger charge is 2.24. The first-order valence-electron chi connectivity index (χ1n) is 8.15. The summed E-state index contributed by atoms with van der Waals surface area (Å²) in [5, 5.41) is 6.52. The number of carbonyl (C=O) groups is 1. The average molecular weight is 384 g/mol. The summed E-state index contributed by atoms with van der Waals surface area (Å²) in [6.45, 7) is 6.42. The number of ether oxygens (including phenoxy) is 1. The maximum absolute atomic E-state index is 11.8. The molecule has 0 bridgehead atoms. The Kier molecular flexibility index (Phi) is 6.41. The molecule has 0 unspecified atom stereocenters. The summed E-state index contributed by atoms with van der Waals surface area (Å²) < 4.78 is 6.30. The smallest absolute Gasteiger partial charge is 0.407 e. The van der Waals surface area contributed by atoms with Gasteiger partial charge in [-0.2, -0.15) is 0 Å². The fourth-order valence-corrected chi connectivity index (χ4v) is 2.91. The lowest BCUT2D eigenvalue weighted by molar-refractivity contribution is 0.0489. The maximum Gasteiger partial charge on any atom is 0.407 e. The molecule has 1 aromatic rings. The molecular formula is C17H26BrN3O2. The van der Waals surface area contributed by atoms with Gasteiger partial charge in [0.1, 0.15) is 5.60 Å². The molecule has 0 aliphatic heterocycles. The highest BCUT2D eigenvalue weighted by Crippen LogP contribution is 2.20. The molecule has 1 saturated carbocycles. The number of rotatable bonds is 4. The van der Waals surface area contributed by atoms with Crippen molar-refractivity contribution in [3.05, 3.63) is 28.5 Å². The van der Waals surface area contributed by atoms with E-state index in [2.05, 4.69) is 31.5 Å². The Morgan fingerprint density at radius 2 is 1.91 bits per heavy atom. The summed E-state index contributed by atoms with van der Waals surface area (Å²) in [5.74, 6) is 0. The Hall–Kier alpha value is -1.14. The van der Waals surface area contributed by atoms with E-state index in [9.17, 15) is 4.79 Å². The standard InChI is InChI=1S/C17H26BrN3O2/c1-17(2,3)23-16(22)21-14-8-6-13(7-9-14)20-11-15-5-4-12(18)10-19-15/h4-5,10,13-14,20H,6-9,11H2,1-3H3,(H,21,22). The second kappa shape index (κ2) is 8.11. The van der Waals surface area contributed by atoms with E-state index >= 15 is 0 Å². The van der Waals surface area contributed by atoms with Gasteiger partial charge in [-0.1, -0.05) is 0 Å². The van der Waals surface area contributed by atoms with Crippen molar-refractivity contribution in [2.45, 2.75) is 70.7 Å². The number of pyridine rings is 1. The van der Waals surface area contributed by atoms with Gasteiger partial charge in [-0.05, 0) is 74.5 Å². The Labute approximate surface area is 146 Å². The van der Waals surface area contributed by atoms with Gasteiger partial charge in [0.25, 0.3) is 0 Å². The molecule has 1 aliphatic rings. The predicted molar refractivity (Wildman–Crippen MR) is 94.2 cm³/mol. The Morgan fingerprint density at radius 1 is 1.26 bits per heavy atom. The summed E-state index contributed by atoms with van der Waals surface area (Å²) in [6, 6.07) is 4.73. The number of nitrogens with zero attached hydrogens (tertiary/aromatic N) is 1. The van der Waals surface area contributed by atoms with Crippen LogP contribution in [-0.4, -0.2) is 28.8 Å². The number of halogens is 1. The van der Waals surface area contributed by atoms with Crippen LogP contribution >= 0.6 is 15.9 Å². The molecule has 6 heteroatoms. The zero-order chi connectivity index (χ0) is 16.9. The largest absolute Gasteiger partial charge is 0.444 e. The van der Waals surface area contributed by atoms with E-state index in [0.717, 1.165) is 42.4 Å². The molecule has 0 aromatic carbocycles. The topological polar surface area (TPSA) is 63.2 Å². The second-order valence-electron chi connectivity index (χ2n) is 7.04. The lowest BCUT2D eigenvalue weighted by atomic mass is 9.91. The minimum atomic E-state index is -0.444. The maximum atomic E-state index is 11.8. The Bertz CT molecular complexity index is 506. The van der Waals surface area contributed by atoms with Crippen molar-refractivity contribution < 1.29 is 9.53 Å². The number of hydrogen-bond donors (Lipinski definition) is 2. The van der Waals surface area contributed by atoms with Gasteiger partial charge in [0.05, 0.1) is 5.69 Å². The number of amides is 1. The monoisotopic (exact) mass is 383 g/mol. The molecule has 2 rings (SSSR count). The molecule has 2 N–H and O–H groups in total. The molecule has 1 heterocycles. The fourth-order valence-electron chi connectivity index (χ4n) is 2.68. The molecular weight excluding hydrogens is 358 g/mol. The van der Waals surface area contributed by atoms with E-state index in [0.29, 0.717) is 6.04 Å². The molecule has 128 valence electrons. The average Bonchev–Trinajstić information content (AvgIpc) is 2.46. The molecule has 0 radical (unpaired) electrons. The molecule has 23 heavy (non-hydrogen) atoms. The zero-order valence-corrected chi connectivity index (χ0v) is 15.6. The van der Waals surface area contributed by atoms with E-state index in [1.807, 2.05) is 39.1 Å². The van der Waals surface area contributed by atoms with Crippen molar-refractivity contribution in [1.82, 2.24) is 15.6 Å². The van der Waals surface area contributed by atoms with E-state index < -0.39 is 5.60 Å². The highest BCUT2D eigenvalue weighted by molar-refractivity contribution is 9.10. The van der Waals surface area contributed by atoms with Gasteiger partial charge in [-0.15, -0.1) is 0 Å². The van der Waals surface area contributed by atoms with Crippen LogP contribution in [0.25, 0.3) is 0 Å². The Morgan fingerprint density at radius 3 is 2.48 bits per heavy atom. The summed E-state index contributed by atoms with van der Waals surface area (Å²) in [6.07, 6.45) is 5.56. The van der Waals surface area contributed by atoms with Crippen LogP contribution in [0.5, 0.6) is 0 Å². The molecule has 0 spiro atoms. The lowest BCUT2D eigenvalue weighted by Crippen LogP contribution is -2.43. The van der Waals surface area contributed by atoms with Gasteiger partial charge in [-0.3, -0.25) is 4.98 Å². The third-order valence-corrected chi connectivity index (χ3v) is 4.28. The molecule has 0 saturated heterocycles. The normalized spacial score (nSPS) is 21.7. The fraction of sp³-hybridized carbons (Fsp3) is 0.647. The molecule has 5 nitrogen and oxygen atoms in total. The van der Waals surface area contributed by atoms with Crippen LogP contribution in [0.15, 0.2) is 22.8 Å². The van der Waals surface area contributed by atoms with Gasteiger partial charge < -0.3 is 15.4 Å². The van der Waals surface area contributed by atoms with Crippen LogP contribution in [0.4, 0.5) is 4.79 Å². The van der Waals surface area contributed by atoms with Crippen LogP contribution in [0.2, 0.25) is 0 Å². The summed E-state index contributed by atoms with van der Waals surface area (Å²) in [5.41, 5.74) is 0.600.